The molecule has 2 saturated carbocycles. The Kier molecular flexibility index (Phi) is 5.77. The fourth-order valence-corrected chi connectivity index (χ4v) is 5.78. The Balaban J connectivity index is 1.55. The van der Waals surface area contributed by atoms with Crippen molar-refractivity contribution < 1.29 is 35.5 Å². The number of amides is 1. The molecule has 3 aliphatic rings. The quantitative estimate of drug-likeness (QED) is 0.517. The van der Waals surface area contributed by atoms with Crippen LogP contribution in [0.1, 0.15) is 68.1 Å². The molecule has 1 N–H and O–H groups in total. The van der Waals surface area contributed by atoms with Crippen LogP contribution in [0.25, 0.3) is 0 Å². The summed E-state index contributed by atoms with van der Waals surface area (Å²) in [5.74, 6) is 0.121. The van der Waals surface area contributed by atoms with E-state index in [1.807, 2.05) is 6.92 Å². The van der Waals surface area contributed by atoms with E-state index in [0.717, 1.165) is 18.9 Å². The average molecular weight is 465 g/mol. The summed E-state index contributed by atoms with van der Waals surface area (Å²) in [6, 6.07) is 2.62. The molecule has 0 bridgehead atoms. The number of carbonyl (C=O) groups excluding carboxylic acids is 1. The molecule has 0 aliphatic heterocycles. The fraction of sp³-hybridized carbons (Fsp3) is 0.696. The van der Waals surface area contributed by atoms with Crippen LogP contribution < -0.4 is 5.32 Å². The molecule has 2 nitrogen and oxygen atoms in total. The number of nitrogens with one attached hydrogen (secondary N) is 1. The van der Waals surface area contributed by atoms with Crippen LogP contribution in [0.2, 0.25) is 0 Å². The molecule has 1 aromatic rings. The van der Waals surface area contributed by atoms with Crippen molar-refractivity contribution >= 4 is 5.91 Å². The van der Waals surface area contributed by atoms with Crippen LogP contribution in [0.4, 0.5) is 30.7 Å². The predicted molar refractivity (Wildman–Crippen MR) is 104 cm³/mol. The van der Waals surface area contributed by atoms with E-state index >= 15 is 0 Å². The second kappa shape index (κ2) is 7.90. The van der Waals surface area contributed by atoms with Crippen molar-refractivity contribution in [2.45, 2.75) is 81.9 Å². The van der Waals surface area contributed by atoms with Gasteiger partial charge in [0.25, 0.3) is 0 Å². The van der Waals surface area contributed by atoms with Gasteiger partial charge in [-0.3, -0.25) is 4.79 Å². The highest BCUT2D eigenvalue weighted by Gasteiger charge is 2.73. The summed E-state index contributed by atoms with van der Waals surface area (Å²) in [5.41, 5.74) is -5.90. The molecule has 9 heteroatoms. The van der Waals surface area contributed by atoms with Crippen molar-refractivity contribution in [2.75, 3.05) is 0 Å². The second-order valence-corrected chi connectivity index (χ2v) is 9.55. The van der Waals surface area contributed by atoms with Crippen LogP contribution >= 0.6 is 0 Å². The molecule has 32 heavy (non-hydrogen) atoms. The highest BCUT2D eigenvalue weighted by Crippen LogP contribution is 2.55. The lowest BCUT2D eigenvalue weighted by Gasteiger charge is -2.35. The van der Waals surface area contributed by atoms with Gasteiger partial charge in [-0.15, -0.1) is 0 Å². The normalized spacial score (nSPS) is 27.3. The highest BCUT2D eigenvalue weighted by atomic mass is 19.4. The highest BCUT2D eigenvalue weighted by molar-refractivity contribution is 5.80. The van der Waals surface area contributed by atoms with E-state index in [1.54, 1.807) is 0 Å². The summed E-state index contributed by atoms with van der Waals surface area (Å²) in [5, 5.41) is 3.10. The smallest absolute Gasteiger partial charge is 0.353 e. The number of alkyl halides is 7. The number of hydrogen-bond donors (Lipinski definition) is 1. The first-order chi connectivity index (χ1) is 14.8. The van der Waals surface area contributed by atoms with Gasteiger partial charge in [0.2, 0.25) is 5.91 Å². The Hall–Kier alpha value is -1.80. The van der Waals surface area contributed by atoms with Crippen molar-refractivity contribution in [2.24, 2.45) is 17.8 Å². The summed E-state index contributed by atoms with van der Waals surface area (Å²) in [6.07, 6.45) is -6.93. The standard InChI is InChI=1S/C23H26F7NO/c1-12(13-3-2-4-13)31-20(32)19-10-9-17-16-8-6-15(11-14(16)5-7-18(17)19)21(24,22(25,26)27)23(28,29)30/h6,8,11-13,17-19H,2-5,7,9-10H2,1H3,(H,31,32)/t12?,17-,18?,19+/m0/s1. The average Bonchev–Trinajstić information content (AvgIpc) is 3.08. The SMILES string of the molecule is CC(NC(=O)[C@@H]1CC[C@H]2c3ccc(C(F)(C(F)(F)F)C(F)(F)F)cc3CCC12)C1CCC1. The first-order valence-electron chi connectivity index (χ1n) is 11.1. The molecule has 0 heterocycles. The molecule has 3 aliphatic carbocycles. The molecule has 1 aromatic carbocycles. The van der Waals surface area contributed by atoms with E-state index < -0.39 is 23.6 Å². The molecule has 1 amide bonds. The molecule has 4 rings (SSSR count). The van der Waals surface area contributed by atoms with Crippen molar-refractivity contribution in [1.82, 2.24) is 5.32 Å². The third-order valence-electron chi connectivity index (χ3n) is 7.85. The molecular formula is C23H26F7NO. The Bertz CT molecular complexity index is 860. The summed E-state index contributed by atoms with van der Waals surface area (Å²) in [4.78, 5) is 12.9. The van der Waals surface area contributed by atoms with Gasteiger partial charge in [-0.05, 0) is 74.3 Å². The minimum Gasteiger partial charge on any atom is -0.353 e. The van der Waals surface area contributed by atoms with Gasteiger partial charge in [0.1, 0.15) is 0 Å². The summed E-state index contributed by atoms with van der Waals surface area (Å²) in [7, 11) is 0. The lowest BCUT2D eigenvalue weighted by molar-refractivity contribution is -0.348. The maximum atomic E-state index is 14.5. The molecule has 0 aromatic heterocycles. The topological polar surface area (TPSA) is 29.1 Å². The zero-order valence-electron chi connectivity index (χ0n) is 17.6. The van der Waals surface area contributed by atoms with Gasteiger partial charge in [-0.2, -0.15) is 26.3 Å². The van der Waals surface area contributed by atoms with Gasteiger partial charge in [-0.1, -0.05) is 24.6 Å². The van der Waals surface area contributed by atoms with Crippen LogP contribution in [-0.4, -0.2) is 24.3 Å². The van der Waals surface area contributed by atoms with Crippen molar-refractivity contribution in [3.63, 3.8) is 0 Å². The van der Waals surface area contributed by atoms with Crippen LogP contribution in [-0.2, 0) is 16.9 Å². The van der Waals surface area contributed by atoms with Gasteiger partial charge >= 0.3 is 18.0 Å². The van der Waals surface area contributed by atoms with E-state index in [0.29, 0.717) is 42.4 Å². The van der Waals surface area contributed by atoms with Crippen LogP contribution in [0.3, 0.4) is 0 Å². The number of carbonyl (C=O) groups is 1. The monoisotopic (exact) mass is 465 g/mol. The number of hydrogen-bond acceptors (Lipinski definition) is 1. The molecule has 2 fully saturated rings. The van der Waals surface area contributed by atoms with Gasteiger partial charge < -0.3 is 5.32 Å². The molecule has 0 radical (unpaired) electrons. The third-order valence-corrected chi connectivity index (χ3v) is 7.85. The Labute approximate surface area is 181 Å². The third kappa shape index (κ3) is 3.69. The molecule has 0 spiro atoms. The van der Waals surface area contributed by atoms with Crippen molar-refractivity contribution in [3.8, 4) is 0 Å². The van der Waals surface area contributed by atoms with Gasteiger partial charge in [0, 0.05) is 17.5 Å². The summed E-state index contributed by atoms with van der Waals surface area (Å²) in [6.45, 7) is 2.00. The lowest BCUT2D eigenvalue weighted by atomic mass is 9.73. The number of fused-ring (bicyclic) bond motifs is 3. The van der Waals surface area contributed by atoms with E-state index in [4.69, 9.17) is 0 Å². The molecule has 178 valence electrons. The van der Waals surface area contributed by atoms with E-state index in [-0.39, 0.29) is 36.1 Å². The lowest BCUT2D eigenvalue weighted by Crippen LogP contribution is -2.50. The van der Waals surface area contributed by atoms with E-state index in [1.165, 1.54) is 12.5 Å². The van der Waals surface area contributed by atoms with Gasteiger partial charge in [-0.25, -0.2) is 4.39 Å². The molecule has 0 saturated heterocycles. The van der Waals surface area contributed by atoms with Crippen LogP contribution in [0.5, 0.6) is 0 Å². The predicted octanol–water partition coefficient (Wildman–Crippen LogP) is 6.34. The minimum absolute atomic E-state index is 0.0118. The Morgan fingerprint density at radius 2 is 1.62 bits per heavy atom. The first-order valence-corrected chi connectivity index (χ1v) is 11.1. The Morgan fingerprint density at radius 3 is 2.19 bits per heavy atom. The number of halogens is 7. The molecular weight excluding hydrogens is 439 g/mol. The summed E-state index contributed by atoms with van der Waals surface area (Å²) < 4.78 is 93.2. The minimum atomic E-state index is -6.12. The second-order valence-electron chi connectivity index (χ2n) is 9.55. The zero-order valence-corrected chi connectivity index (χ0v) is 17.6. The van der Waals surface area contributed by atoms with E-state index in [2.05, 4.69) is 5.32 Å². The first kappa shape index (κ1) is 23.4. The number of aryl methyl sites for hydroxylation is 1. The van der Waals surface area contributed by atoms with Crippen LogP contribution in [0, 0.1) is 17.8 Å². The number of rotatable bonds is 4. The Morgan fingerprint density at radius 1 is 0.969 bits per heavy atom. The maximum Gasteiger partial charge on any atom is 0.435 e. The van der Waals surface area contributed by atoms with E-state index in [9.17, 15) is 35.5 Å². The van der Waals surface area contributed by atoms with Gasteiger partial charge in [0.05, 0.1) is 0 Å². The summed E-state index contributed by atoms with van der Waals surface area (Å²) >= 11 is 0. The maximum absolute atomic E-state index is 14.5. The fourth-order valence-electron chi connectivity index (χ4n) is 5.78. The van der Waals surface area contributed by atoms with Crippen LogP contribution in [0.15, 0.2) is 18.2 Å². The largest absolute Gasteiger partial charge is 0.435 e. The molecule has 2 unspecified atom stereocenters. The zero-order chi connectivity index (χ0) is 23.5. The van der Waals surface area contributed by atoms with Gasteiger partial charge in [0.15, 0.2) is 0 Å². The van der Waals surface area contributed by atoms with Crippen molar-refractivity contribution in [1.29, 1.82) is 0 Å². The number of benzene rings is 1. The molecule has 4 atom stereocenters. The van der Waals surface area contributed by atoms with Crippen molar-refractivity contribution in [3.05, 3.63) is 34.9 Å².